The van der Waals surface area contributed by atoms with Gasteiger partial charge in [0.1, 0.15) is 11.6 Å². The minimum atomic E-state index is -0.721. The summed E-state index contributed by atoms with van der Waals surface area (Å²) >= 11 is 1.21. The first-order valence-corrected chi connectivity index (χ1v) is 5.06. The second-order valence-electron chi connectivity index (χ2n) is 3.93. The van der Waals surface area contributed by atoms with Gasteiger partial charge in [-0.2, -0.15) is 0 Å². The number of carbonyl (C=O) groups excluding carboxylic acids is 1. The lowest BCUT2D eigenvalue weighted by Crippen LogP contribution is -2.31. The fourth-order valence-electron chi connectivity index (χ4n) is 0.867. The van der Waals surface area contributed by atoms with Crippen molar-refractivity contribution in [2.45, 2.75) is 32.4 Å². The Morgan fingerprint density at radius 2 is 2.29 bits per heavy atom. The van der Waals surface area contributed by atoms with Gasteiger partial charge in [0.2, 0.25) is 0 Å². The number of hydrogen-bond donors (Lipinski definition) is 1. The highest BCUT2D eigenvalue weighted by atomic mass is 32.1. The number of nitrogens with zero attached hydrogens (tertiary/aromatic N) is 1. The Bertz CT molecular complexity index is 303. The largest absolute Gasteiger partial charge is 0.459 e. The van der Waals surface area contributed by atoms with Gasteiger partial charge in [-0.15, -0.1) is 0 Å². The van der Waals surface area contributed by atoms with E-state index in [1.165, 1.54) is 11.5 Å². The second-order valence-corrected chi connectivity index (χ2v) is 4.79. The molecule has 0 amide bonds. The van der Waals surface area contributed by atoms with Crippen LogP contribution in [0.2, 0.25) is 0 Å². The third kappa shape index (κ3) is 3.08. The van der Waals surface area contributed by atoms with E-state index in [0.29, 0.717) is 0 Å². The third-order valence-corrected chi connectivity index (χ3v) is 2.25. The third-order valence-electron chi connectivity index (χ3n) is 1.43. The maximum Gasteiger partial charge on any atom is 0.328 e. The van der Waals surface area contributed by atoms with Gasteiger partial charge in [-0.3, -0.25) is 0 Å². The van der Waals surface area contributed by atoms with E-state index >= 15 is 0 Å². The fraction of sp³-hybridized carbons (Fsp3) is 0.556. The van der Waals surface area contributed by atoms with Crippen molar-refractivity contribution in [3.05, 3.63) is 17.1 Å². The Labute approximate surface area is 87.2 Å². The topological polar surface area (TPSA) is 65.2 Å². The van der Waals surface area contributed by atoms with Gasteiger partial charge in [0.05, 0.1) is 4.88 Å². The summed E-state index contributed by atoms with van der Waals surface area (Å²) < 4.78 is 9.01. The standard InChI is InChI=1S/C9H14N2O2S/c1-9(2,3)13-8(12)7(10)6-4-5-11-14-6/h4-5,7H,10H2,1-3H3. The van der Waals surface area contributed by atoms with Crippen LogP contribution in [0.3, 0.4) is 0 Å². The maximum atomic E-state index is 11.5. The molecule has 14 heavy (non-hydrogen) atoms. The van der Waals surface area contributed by atoms with Crippen molar-refractivity contribution in [1.82, 2.24) is 4.37 Å². The number of nitrogens with two attached hydrogens (primary N) is 1. The second kappa shape index (κ2) is 4.06. The SMILES string of the molecule is CC(C)(C)OC(=O)C(N)c1ccns1. The van der Waals surface area contributed by atoms with Crippen LogP contribution in [-0.2, 0) is 9.53 Å². The van der Waals surface area contributed by atoms with E-state index in [1.807, 2.05) is 20.8 Å². The highest BCUT2D eigenvalue weighted by Crippen LogP contribution is 2.18. The van der Waals surface area contributed by atoms with Crippen molar-refractivity contribution in [1.29, 1.82) is 0 Å². The molecule has 0 aliphatic rings. The van der Waals surface area contributed by atoms with E-state index in [-0.39, 0.29) is 0 Å². The van der Waals surface area contributed by atoms with Crippen LogP contribution in [0.1, 0.15) is 31.7 Å². The molecular formula is C9H14N2O2S. The van der Waals surface area contributed by atoms with Crippen molar-refractivity contribution in [2.75, 3.05) is 0 Å². The summed E-state index contributed by atoms with van der Waals surface area (Å²) in [6.07, 6.45) is 1.62. The van der Waals surface area contributed by atoms with E-state index in [2.05, 4.69) is 4.37 Å². The molecule has 0 aromatic carbocycles. The highest BCUT2D eigenvalue weighted by Gasteiger charge is 2.24. The molecule has 0 radical (unpaired) electrons. The zero-order chi connectivity index (χ0) is 10.8. The summed E-state index contributed by atoms with van der Waals surface area (Å²) in [7, 11) is 0. The number of aromatic nitrogens is 1. The average molecular weight is 214 g/mol. The van der Waals surface area contributed by atoms with Crippen LogP contribution in [0.15, 0.2) is 12.3 Å². The zero-order valence-corrected chi connectivity index (χ0v) is 9.30. The highest BCUT2D eigenvalue weighted by molar-refractivity contribution is 7.05. The van der Waals surface area contributed by atoms with Crippen LogP contribution in [0.4, 0.5) is 0 Å². The lowest BCUT2D eigenvalue weighted by atomic mass is 10.2. The van der Waals surface area contributed by atoms with Crippen LogP contribution in [-0.4, -0.2) is 15.9 Å². The molecule has 0 bridgehead atoms. The molecular weight excluding hydrogens is 200 g/mol. The van der Waals surface area contributed by atoms with Gasteiger partial charge < -0.3 is 10.5 Å². The number of carbonyl (C=O) groups is 1. The van der Waals surface area contributed by atoms with Crippen molar-refractivity contribution in [2.24, 2.45) is 5.73 Å². The smallest absolute Gasteiger partial charge is 0.328 e. The fourth-order valence-corrected chi connectivity index (χ4v) is 1.44. The van der Waals surface area contributed by atoms with Crippen LogP contribution in [0.25, 0.3) is 0 Å². The van der Waals surface area contributed by atoms with Gasteiger partial charge in [-0.05, 0) is 38.4 Å². The molecule has 2 N–H and O–H groups in total. The molecule has 4 nitrogen and oxygen atoms in total. The van der Waals surface area contributed by atoms with Crippen LogP contribution >= 0.6 is 11.5 Å². The first kappa shape index (κ1) is 11.1. The predicted molar refractivity (Wildman–Crippen MR) is 54.9 cm³/mol. The minimum Gasteiger partial charge on any atom is -0.459 e. The maximum absolute atomic E-state index is 11.5. The van der Waals surface area contributed by atoms with Crippen LogP contribution < -0.4 is 5.73 Å². The molecule has 1 aromatic rings. The molecule has 78 valence electrons. The predicted octanol–water partition coefficient (Wildman–Crippen LogP) is 1.48. The molecule has 0 fully saturated rings. The average Bonchev–Trinajstić information content (AvgIpc) is 2.51. The summed E-state index contributed by atoms with van der Waals surface area (Å²) in [5, 5.41) is 0. The van der Waals surface area contributed by atoms with Gasteiger partial charge in [0.15, 0.2) is 0 Å². The molecule has 1 heterocycles. The lowest BCUT2D eigenvalue weighted by Gasteiger charge is -2.21. The summed E-state index contributed by atoms with van der Waals surface area (Å²) in [5.74, 6) is -0.415. The Balaban J connectivity index is 2.63. The van der Waals surface area contributed by atoms with E-state index in [4.69, 9.17) is 10.5 Å². The van der Waals surface area contributed by atoms with Crippen molar-refractivity contribution >= 4 is 17.5 Å². The Morgan fingerprint density at radius 3 is 2.71 bits per heavy atom. The molecule has 0 aliphatic carbocycles. The summed E-state index contributed by atoms with van der Waals surface area (Å²) in [6, 6.07) is 1.00. The Kier molecular flexibility index (Phi) is 3.23. The molecule has 5 heteroatoms. The molecule has 0 saturated heterocycles. The molecule has 0 aliphatic heterocycles. The minimum absolute atomic E-state index is 0.415. The van der Waals surface area contributed by atoms with Gasteiger partial charge in [0.25, 0.3) is 0 Å². The first-order chi connectivity index (χ1) is 6.40. The normalized spacial score (nSPS) is 13.7. The van der Waals surface area contributed by atoms with E-state index < -0.39 is 17.6 Å². The number of ether oxygens (including phenoxy) is 1. The number of esters is 1. The summed E-state index contributed by atoms with van der Waals surface area (Å²) in [6.45, 7) is 5.43. The van der Waals surface area contributed by atoms with Crippen LogP contribution in [0.5, 0.6) is 0 Å². The van der Waals surface area contributed by atoms with Crippen molar-refractivity contribution in [3.63, 3.8) is 0 Å². The molecule has 1 atom stereocenters. The van der Waals surface area contributed by atoms with E-state index in [1.54, 1.807) is 12.3 Å². The van der Waals surface area contributed by atoms with E-state index in [9.17, 15) is 4.79 Å². The molecule has 1 aromatic heterocycles. The van der Waals surface area contributed by atoms with E-state index in [0.717, 1.165) is 4.88 Å². The van der Waals surface area contributed by atoms with Gasteiger partial charge in [-0.25, -0.2) is 9.17 Å². The molecule has 0 spiro atoms. The Morgan fingerprint density at radius 1 is 1.64 bits per heavy atom. The molecule has 1 rings (SSSR count). The monoisotopic (exact) mass is 214 g/mol. The summed E-state index contributed by atoms with van der Waals surface area (Å²) in [5.41, 5.74) is 5.19. The van der Waals surface area contributed by atoms with Crippen molar-refractivity contribution in [3.8, 4) is 0 Å². The van der Waals surface area contributed by atoms with Gasteiger partial charge >= 0.3 is 5.97 Å². The van der Waals surface area contributed by atoms with Crippen LogP contribution in [0, 0.1) is 0 Å². The van der Waals surface area contributed by atoms with Gasteiger partial charge in [0, 0.05) is 6.20 Å². The van der Waals surface area contributed by atoms with Crippen molar-refractivity contribution < 1.29 is 9.53 Å². The first-order valence-electron chi connectivity index (χ1n) is 4.29. The zero-order valence-electron chi connectivity index (χ0n) is 8.48. The number of rotatable bonds is 2. The van der Waals surface area contributed by atoms with Gasteiger partial charge in [-0.1, -0.05) is 0 Å². The Hall–Kier alpha value is -0.940. The quantitative estimate of drug-likeness (QED) is 0.757. The lowest BCUT2D eigenvalue weighted by molar-refractivity contribution is -0.156. The molecule has 0 saturated carbocycles. The number of hydrogen-bond acceptors (Lipinski definition) is 5. The molecule has 1 unspecified atom stereocenters. The summed E-state index contributed by atoms with van der Waals surface area (Å²) in [4.78, 5) is 12.2.